The van der Waals surface area contributed by atoms with Crippen molar-refractivity contribution in [3.63, 3.8) is 0 Å². The third-order valence-electron chi connectivity index (χ3n) is 3.58. The molecule has 0 amide bonds. The zero-order valence-corrected chi connectivity index (χ0v) is 13.2. The largest absolute Gasteiger partial charge is 0.508 e. The molecule has 2 aromatic rings. The van der Waals surface area contributed by atoms with Crippen molar-refractivity contribution in [2.75, 3.05) is 0 Å². The summed E-state index contributed by atoms with van der Waals surface area (Å²) in [5.41, 5.74) is 4.61. The number of hydrogen-bond donors (Lipinski definition) is 1. The van der Waals surface area contributed by atoms with Crippen LogP contribution in [0.5, 0.6) is 5.75 Å². The average Bonchev–Trinajstić information content (AvgIpc) is 2.46. The van der Waals surface area contributed by atoms with Crippen molar-refractivity contribution < 1.29 is 5.11 Å². The van der Waals surface area contributed by atoms with Crippen LogP contribution in [0.25, 0.3) is 0 Å². The molecule has 0 saturated carbocycles. The van der Waals surface area contributed by atoms with E-state index in [1.54, 1.807) is 12.1 Å². The van der Waals surface area contributed by atoms with Gasteiger partial charge >= 0.3 is 0 Å². The van der Waals surface area contributed by atoms with E-state index in [-0.39, 0.29) is 5.75 Å². The molecule has 0 saturated heterocycles. The van der Waals surface area contributed by atoms with Crippen LogP contribution in [0.4, 0.5) is 5.69 Å². The van der Waals surface area contributed by atoms with Crippen LogP contribution in [0.2, 0.25) is 0 Å². The van der Waals surface area contributed by atoms with Crippen molar-refractivity contribution in [1.82, 2.24) is 0 Å². The van der Waals surface area contributed by atoms with E-state index in [9.17, 15) is 5.11 Å². The van der Waals surface area contributed by atoms with E-state index in [2.05, 4.69) is 45.9 Å². The van der Waals surface area contributed by atoms with Crippen molar-refractivity contribution >= 4 is 11.9 Å². The van der Waals surface area contributed by atoms with Crippen LogP contribution in [0.15, 0.2) is 47.5 Å². The second-order valence-electron chi connectivity index (χ2n) is 5.94. The fraction of sp³-hybridized carbons (Fsp3) is 0.316. The van der Waals surface area contributed by atoms with E-state index < -0.39 is 0 Å². The summed E-state index contributed by atoms with van der Waals surface area (Å²) in [7, 11) is 0. The highest BCUT2D eigenvalue weighted by Crippen LogP contribution is 2.34. The lowest BCUT2D eigenvalue weighted by Gasteiger charge is -2.16. The molecule has 1 N–H and O–H groups in total. The first-order valence-electron chi connectivity index (χ1n) is 7.45. The van der Waals surface area contributed by atoms with Crippen LogP contribution in [-0.4, -0.2) is 11.3 Å². The SMILES string of the molecule is CC(C)c1cccc(C(C)C)c1N=Cc1ccc(O)cc1. The molecule has 0 aliphatic carbocycles. The zero-order valence-electron chi connectivity index (χ0n) is 13.2. The Morgan fingerprint density at radius 1 is 0.857 bits per heavy atom. The van der Waals surface area contributed by atoms with E-state index in [0.717, 1.165) is 11.3 Å². The van der Waals surface area contributed by atoms with Gasteiger partial charge in [-0.3, -0.25) is 4.99 Å². The van der Waals surface area contributed by atoms with Gasteiger partial charge in [0.15, 0.2) is 0 Å². The van der Waals surface area contributed by atoms with Gasteiger partial charge in [-0.2, -0.15) is 0 Å². The van der Waals surface area contributed by atoms with Gasteiger partial charge in [0.1, 0.15) is 5.75 Å². The van der Waals surface area contributed by atoms with Crippen LogP contribution >= 0.6 is 0 Å². The maximum Gasteiger partial charge on any atom is 0.115 e. The van der Waals surface area contributed by atoms with Gasteiger partial charge in [-0.05, 0) is 52.8 Å². The van der Waals surface area contributed by atoms with E-state index in [1.807, 2.05) is 18.3 Å². The fourth-order valence-corrected chi connectivity index (χ4v) is 2.36. The molecule has 0 bridgehead atoms. The number of nitrogens with zero attached hydrogens (tertiary/aromatic N) is 1. The molecule has 0 radical (unpaired) electrons. The second-order valence-corrected chi connectivity index (χ2v) is 5.94. The number of phenolic OH excluding ortho intramolecular Hbond substituents is 1. The topological polar surface area (TPSA) is 32.6 Å². The third-order valence-corrected chi connectivity index (χ3v) is 3.58. The molecule has 0 atom stereocenters. The molecule has 2 heteroatoms. The van der Waals surface area contributed by atoms with Crippen molar-refractivity contribution in [3.8, 4) is 5.75 Å². The first kappa shape index (κ1) is 15.3. The highest BCUT2D eigenvalue weighted by atomic mass is 16.3. The Morgan fingerprint density at radius 2 is 1.38 bits per heavy atom. The molecule has 110 valence electrons. The number of hydrogen-bond acceptors (Lipinski definition) is 2. The van der Waals surface area contributed by atoms with Crippen molar-refractivity contribution in [2.45, 2.75) is 39.5 Å². The minimum atomic E-state index is 0.276. The predicted molar refractivity (Wildman–Crippen MR) is 90.0 cm³/mol. The molecule has 0 spiro atoms. The maximum atomic E-state index is 9.33. The summed E-state index contributed by atoms with van der Waals surface area (Å²) in [6.07, 6.45) is 1.87. The number of phenols is 1. The summed E-state index contributed by atoms with van der Waals surface area (Å²) in [5, 5.41) is 9.33. The Morgan fingerprint density at radius 3 is 1.86 bits per heavy atom. The zero-order chi connectivity index (χ0) is 15.4. The highest BCUT2D eigenvalue weighted by Gasteiger charge is 2.12. The maximum absolute atomic E-state index is 9.33. The minimum Gasteiger partial charge on any atom is -0.508 e. The molecule has 2 aromatic carbocycles. The molecular weight excluding hydrogens is 258 g/mol. The molecule has 0 unspecified atom stereocenters. The molecule has 0 aromatic heterocycles. The van der Waals surface area contributed by atoms with E-state index in [4.69, 9.17) is 4.99 Å². The molecule has 0 aliphatic rings. The van der Waals surface area contributed by atoms with Crippen LogP contribution in [0, 0.1) is 0 Å². The lowest BCUT2D eigenvalue weighted by molar-refractivity contribution is 0.475. The van der Waals surface area contributed by atoms with Crippen LogP contribution in [0.1, 0.15) is 56.2 Å². The first-order chi connectivity index (χ1) is 9.99. The number of aliphatic imine (C=N–C) groups is 1. The number of para-hydroxylation sites is 1. The van der Waals surface area contributed by atoms with Crippen molar-refractivity contribution in [1.29, 1.82) is 0 Å². The summed E-state index contributed by atoms with van der Waals surface area (Å²) < 4.78 is 0. The van der Waals surface area contributed by atoms with Gasteiger partial charge in [-0.25, -0.2) is 0 Å². The van der Waals surface area contributed by atoms with E-state index in [1.165, 1.54) is 11.1 Å². The molecular formula is C19H23NO. The first-order valence-corrected chi connectivity index (χ1v) is 7.45. The highest BCUT2D eigenvalue weighted by molar-refractivity contribution is 5.83. The van der Waals surface area contributed by atoms with E-state index in [0.29, 0.717) is 11.8 Å². The second kappa shape index (κ2) is 6.57. The van der Waals surface area contributed by atoms with Crippen LogP contribution in [-0.2, 0) is 0 Å². The molecule has 0 aliphatic heterocycles. The number of rotatable bonds is 4. The molecule has 0 fully saturated rings. The summed E-state index contributed by atoms with van der Waals surface area (Å²) in [6.45, 7) is 8.77. The third kappa shape index (κ3) is 3.72. The lowest BCUT2D eigenvalue weighted by atomic mass is 9.93. The summed E-state index contributed by atoms with van der Waals surface area (Å²) >= 11 is 0. The fourth-order valence-electron chi connectivity index (χ4n) is 2.36. The van der Waals surface area contributed by atoms with Gasteiger partial charge in [-0.1, -0.05) is 45.9 Å². The van der Waals surface area contributed by atoms with Crippen molar-refractivity contribution in [3.05, 3.63) is 59.2 Å². The Labute approximate surface area is 127 Å². The van der Waals surface area contributed by atoms with Gasteiger partial charge in [-0.15, -0.1) is 0 Å². The summed E-state index contributed by atoms with van der Waals surface area (Å²) in [5.74, 6) is 1.16. The van der Waals surface area contributed by atoms with Crippen LogP contribution in [0.3, 0.4) is 0 Å². The average molecular weight is 281 g/mol. The standard InChI is InChI=1S/C19H23NO/c1-13(2)17-6-5-7-18(14(3)4)19(17)20-12-15-8-10-16(21)11-9-15/h5-14,21H,1-4H3. The van der Waals surface area contributed by atoms with Gasteiger partial charge in [0.25, 0.3) is 0 Å². The molecule has 0 heterocycles. The Kier molecular flexibility index (Phi) is 4.79. The minimum absolute atomic E-state index is 0.276. The molecule has 21 heavy (non-hydrogen) atoms. The Bertz CT molecular complexity index is 598. The van der Waals surface area contributed by atoms with Crippen LogP contribution < -0.4 is 0 Å². The van der Waals surface area contributed by atoms with Gasteiger partial charge < -0.3 is 5.11 Å². The molecule has 2 nitrogen and oxygen atoms in total. The van der Waals surface area contributed by atoms with Gasteiger partial charge in [0, 0.05) is 6.21 Å². The van der Waals surface area contributed by atoms with Gasteiger partial charge in [0.05, 0.1) is 5.69 Å². The predicted octanol–water partition coefficient (Wildman–Crippen LogP) is 5.39. The number of aromatic hydroxyl groups is 1. The Balaban J connectivity index is 2.43. The smallest absolute Gasteiger partial charge is 0.115 e. The lowest BCUT2D eigenvalue weighted by Crippen LogP contribution is -1.95. The van der Waals surface area contributed by atoms with E-state index >= 15 is 0 Å². The van der Waals surface area contributed by atoms with Crippen molar-refractivity contribution in [2.24, 2.45) is 4.99 Å². The Hall–Kier alpha value is -2.09. The van der Waals surface area contributed by atoms with Gasteiger partial charge in [0.2, 0.25) is 0 Å². The summed E-state index contributed by atoms with van der Waals surface area (Å²) in [6, 6.07) is 13.5. The summed E-state index contributed by atoms with van der Waals surface area (Å²) in [4.78, 5) is 4.74. The molecule has 2 rings (SSSR count). The normalized spacial score (nSPS) is 11.7. The quantitative estimate of drug-likeness (QED) is 0.749. The monoisotopic (exact) mass is 281 g/mol. The number of benzene rings is 2.